The van der Waals surface area contributed by atoms with Crippen LogP contribution in [-0.2, 0) is 14.3 Å². The Kier molecular flexibility index (Phi) is 4.43. The molecule has 1 aliphatic heterocycles. The molecule has 0 bridgehead atoms. The summed E-state index contributed by atoms with van der Waals surface area (Å²) in [4.78, 5) is 11.9. The summed E-state index contributed by atoms with van der Waals surface area (Å²) in [6, 6.07) is 0. The number of carbonyl (C=O) groups excluding carboxylic acids is 1. The first-order valence-electron chi connectivity index (χ1n) is 7.06. The van der Waals surface area contributed by atoms with E-state index in [1.807, 2.05) is 6.92 Å². The third-order valence-corrected chi connectivity index (χ3v) is 3.91. The van der Waals surface area contributed by atoms with Crippen LogP contribution in [0.1, 0.15) is 58.8 Å². The van der Waals surface area contributed by atoms with E-state index in [1.54, 1.807) is 0 Å². The minimum absolute atomic E-state index is 0.0153. The van der Waals surface area contributed by atoms with Gasteiger partial charge in [-0.15, -0.1) is 0 Å². The van der Waals surface area contributed by atoms with Crippen molar-refractivity contribution in [3.8, 4) is 0 Å². The molecule has 2 rings (SSSR count). The summed E-state index contributed by atoms with van der Waals surface area (Å²) in [5, 5.41) is 0. The predicted molar refractivity (Wildman–Crippen MR) is 65.7 cm³/mol. The average molecular weight is 240 g/mol. The largest absolute Gasteiger partial charge is 0.462 e. The molecule has 0 aromatic carbocycles. The monoisotopic (exact) mass is 240 g/mol. The molecule has 3 unspecified atom stereocenters. The normalized spacial score (nSPS) is 30.9. The van der Waals surface area contributed by atoms with Gasteiger partial charge in [0.1, 0.15) is 6.10 Å². The molecule has 3 nitrogen and oxygen atoms in total. The molecule has 2 aliphatic rings. The first-order chi connectivity index (χ1) is 8.20. The van der Waals surface area contributed by atoms with Crippen LogP contribution < -0.4 is 0 Å². The molecule has 0 aromatic heterocycles. The summed E-state index contributed by atoms with van der Waals surface area (Å²) in [6.45, 7) is 4.08. The smallest absolute Gasteiger partial charge is 0.309 e. The third kappa shape index (κ3) is 3.70. The summed E-state index contributed by atoms with van der Waals surface area (Å²) in [5.74, 6) is -0.0410. The van der Waals surface area contributed by atoms with Gasteiger partial charge in [-0.05, 0) is 38.5 Å². The van der Waals surface area contributed by atoms with Gasteiger partial charge in [0.25, 0.3) is 0 Å². The molecule has 1 saturated heterocycles. The second-order valence-corrected chi connectivity index (χ2v) is 5.45. The molecule has 0 N–H and O–H groups in total. The van der Waals surface area contributed by atoms with Crippen LogP contribution in [0.15, 0.2) is 0 Å². The maximum atomic E-state index is 11.9. The molecular formula is C14H24O3. The summed E-state index contributed by atoms with van der Waals surface area (Å²) >= 11 is 0. The lowest BCUT2D eigenvalue weighted by molar-refractivity contribution is -0.155. The van der Waals surface area contributed by atoms with Crippen LogP contribution >= 0.6 is 0 Å². The Hall–Kier alpha value is -0.570. The van der Waals surface area contributed by atoms with Crippen molar-refractivity contribution in [3.05, 3.63) is 0 Å². The maximum Gasteiger partial charge on any atom is 0.309 e. The predicted octanol–water partition coefficient (Wildman–Crippen LogP) is 3.07. The zero-order valence-corrected chi connectivity index (χ0v) is 11.0. The molecule has 1 heterocycles. The Morgan fingerprint density at radius 3 is 2.59 bits per heavy atom. The van der Waals surface area contributed by atoms with Crippen molar-refractivity contribution in [2.24, 2.45) is 5.92 Å². The van der Waals surface area contributed by atoms with Gasteiger partial charge in [0.2, 0.25) is 0 Å². The van der Waals surface area contributed by atoms with Crippen LogP contribution in [0.5, 0.6) is 0 Å². The van der Waals surface area contributed by atoms with Gasteiger partial charge >= 0.3 is 5.97 Å². The Labute approximate surface area is 104 Å². The Morgan fingerprint density at radius 1 is 1.29 bits per heavy atom. The Balaban J connectivity index is 1.67. The van der Waals surface area contributed by atoms with Gasteiger partial charge in [0, 0.05) is 0 Å². The minimum atomic E-state index is -0.0257. The van der Waals surface area contributed by atoms with Crippen LogP contribution in [0.4, 0.5) is 0 Å². The molecule has 3 heteroatoms. The average Bonchev–Trinajstić information content (AvgIpc) is 3.08. The molecule has 2 fully saturated rings. The van der Waals surface area contributed by atoms with Gasteiger partial charge in [0.05, 0.1) is 18.1 Å². The number of rotatable bonds is 5. The van der Waals surface area contributed by atoms with Crippen molar-refractivity contribution < 1.29 is 14.3 Å². The highest BCUT2D eigenvalue weighted by Crippen LogP contribution is 2.31. The van der Waals surface area contributed by atoms with E-state index >= 15 is 0 Å². The fraction of sp³-hybridized carbons (Fsp3) is 0.929. The number of esters is 1. The first-order valence-corrected chi connectivity index (χ1v) is 7.06. The molecule has 3 atom stereocenters. The summed E-state index contributed by atoms with van der Waals surface area (Å²) in [7, 11) is 0. The molecule has 0 spiro atoms. The number of hydrogen-bond acceptors (Lipinski definition) is 3. The molecule has 1 saturated carbocycles. The second-order valence-electron chi connectivity index (χ2n) is 5.45. The maximum absolute atomic E-state index is 11.9. The second kappa shape index (κ2) is 5.85. The van der Waals surface area contributed by atoms with E-state index in [1.165, 1.54) is 19.3 Å². The fourth-order valence-corrected chi connectivity index (χ4v) is 2.65. The zero-order chi connectivity index (χ0) is 12.3. The fourth-order valence-electron chi connectivity index (χ4n) is 2.65. The van der Waals surface area contributed by atoms with Crippen molar-refractivity contribution in [1.82, 2.24) is 0 Å². The van der Waals surface area contributed by atoms with Gasteiger partial charge < -0.3 is 9.47 Å². The van der Waals surface area contributed by atoms with Crippen LogP contribution in [0.25, 0.3) is 0 Å². The van der Waals surface area contributed by atoms with Crippen molar-refractivity contribution >= 4 is 5.97 Å². The first kappa shape index (κ1) is 12.9. The number of carbonyl (C=O) groups is 1. The van der Waals surface area contributed by atoms with Crippen molar-refractivity contribution in [2.75, 3.05) is 0 Å². The lowest BCUT2D eigenvalue weighted by atomic mass is 9.97. The van der Waals surface area contributed by atoms with Gasteiger partial charge in [0.15, 0.2) is 0 Å². The Bertz CT molecular complexity index is 258. The summed E-state index contributed by atoms with van der Waals surface area (Å²) in [6.07, 6.45) is 8.55. The lowest BCUT2D eigenvalue weighted by Gasteiger charge is -2.23. The van der Waals surface area contributed by atoms with Crippen molar-refractivity contribution in [3.63, 3.8) is 0 Å². The lowest BCUT2D eigenvalue weighted by Crippen LogP contribution is -2.25. The van der Waals surface area contributed by atoms with E-state index < -0.39 is 0 Å². The molecule has 17 heavy (non-hydrogen) atoms. The number of epoxide rings is 1. The third-order valence-electron chi connectivity index (χ3n) is 3.91. The molecule has 1 aliphatic carbocycles. The molecule has 0 amide bonds. The number of hydrogen-bond donors (Lipinski definition) is 0. The highest BCUT2D eigenvalue weighted by Gasteiger charge is 2.39. The van der Waals surface area contributed by atoms with Gasteiger partial charge in [-0.25, -0.2) is 0 Å². The molecule has 0 radical (unpaired) electrons. The van der Waals surface area contributed by atoms with Crippen LogP contribution in [0.3, 0.4) is 0 Å². The van der Waals surface area contributed by atoms with Gasteiger partial charge in [-0.2, -0.15) is 0 Å². The van der Waals surface area contributed by atoms with E-state index in [9.17, 15) is 4.79 Å². The van der Waals surface area contributed by atoms with E-state index in [4.69, 9.17) is 9.47 Å². The molecular weight excluding hydrogens is 216 g/mol. The molecule has 98 valence electrons. The Morgan fingerprint density at radius 2 is 2.00 bits per heavy atom. The highest BCUT2D eigenvalue weighted by atomic mass is 16.6. The van der Waals surface area contributed by atoms with Gasteiger partial charge in [-0.1, -0.05) is 20.3 Å². The number of ether oxygens (including phenoxy) is 2. The van der Waals surface area contributed by atoms with Crippen molar-refractivity contribution in [2.45, 2.75) is 77.1 Å². The van der Waals surface area contributed by atoms with E-state index in [2.05, 4.69) is 6.92 Å². The summed E-state index contributed by atoms with van der Waals surface area (Å²) < 4.78 is 11.0. The molecule has 0 aromatic rings. The van der Waals surface area contributed by atoms with Crippen molar-refractivity contribution in [1.29, 1.82) is 0 Å². The van der Waals surface area contributed by atoms with Crippen LogP contribution in [0.2, 0.25) is 0 Å². The van der Waals surface area contributed by atoms with Crippen LogP contribution in [-0.4, -0.2) is 24.3 Å². The zero-order valence-electron chi connectivity index (χ0n) is 11.0. The van der Waals surface area contributed by atoms with Crippen LogP contribution in [0, 0.1) is 5.92 Å². The standard InChI is InChI=1S/C14H24O3/c1-3-12-13(17-12)9-10(2)14(15)16-11-7-5-4-6-8-11/h10-13H,3-9H2,1-2H3. The van der Waals surface area contributed by atoms with E-state index in [0.29, 0.717) is 12.2 Å². The van der Waals surface area contributed by atoms with E-state index in [0.717, 1.165) is 25.7 Å². The quantitative estimate of drug-likeness (QED) is 0.547. The SMILES string of the molecule is CCC1OC1CC(C)C(=O)OC1CCCCC1. The van der Waals surface area contributed by atoms with E-state index in [-0.39, 0.29) is 18.0 Å². The summed E-state index contributed by atoms with van der Waals surface area (Å²) in [5.41, 5.74) is 0. The highest BCUT2D eigenvalue weighted by molar-refractivity contribution is 5.72. The topological polar surface area (TPSA) is 38.8 Å². The van der Waals surface area contributed by atoms with Gasteiger partial charge in [-0.3, -0.25) is 4.79 Å². The minimum Gasteiger partial charge on any atom is -0.462 e.